The summed E-state index contributed by atoms with van der Waals surface area (Å²) in [5.41, 5.74) is 3.37. The fourth-order valence-corrected chi connectivity index (χ4v) is 1.82. The molecule has 2 aromatic rings. The number of hydrogen-bond acceptors (Lipinski definition) is 4. The molecule has 1 aromatic carbocycles. The molecule has 4 heteroatoms. The summed E-state index contributed by atoms with van der Waals surface area (Å²) in [5, 5.41) is 8.81. The fraction of sp³-hybridized carbons (Fsp3) is 0.333. The summed E-state index contributed by atoms with van der Waals surface area (Å²) >= 11 is 0. The van der Waals surface area contributed by atoms with Crippen molar-refractivity contribution in [1.82, 2.24) is 9.97 Å². The molecule has 19 heavy (non-hydrogen) atoms. The van der Waals surface area contributed by atoms with Crippen LogP contribution in [-0.2, 0) is 0 Å². The summed E-state index contributed by atoms with van der Waals surface area (Å²) in [7, 11) is 1.93. The van der Waals surface area contributed by atoms with Gasteiger partial charge in [-0.15, -0.1) is 0 Å². The summed E-state index contributed by atoms with van der Waals surface area (Å²) in [4.78, 5) is 10.7. The van der Waals surface area contributed by atoms with Crippen LogP contribution in [0.5, 0.6) is 0 Å². The predicted molar refractivity (Wildman–Crippen MR) is 77.2 cm³/mol. The van der Waals surface area contributed by atoms with Gasteiger partial charge in [-0.25, -0.2) is 9.97 Å². The van der Waals surface area contributed by atoms with Gasteiger partial charge in [0.25, 0.3) is 0 Å². The third-order valence-electron chi connectivity index (χ3n) is 3.02. The maximum Gasteiger partial charge on any atom is 0.225 e. The van der Waals surface area contributed by atoms with Crippen molar-refractivity contribution in [3.63, 3.8) is 0 Å². The van der Waals surface area contributed by atoms with Gasteiger partial charge in [-0.05, 0) is 18.9 Å². The van der Waals surface area contributed by atoms with E-state index in [4.69, 9.17) is 5.11 Å². The second-order valence-corrected chi connectivity index (χ2v) is 4.64. The number of nitrogens with zero attached hydrogens (tertiary/aromatic N) is 3. The van der Waals surface area contributed by atoms with E-state index in [-0.39, 0.29) is 6.61 Å². The molecule has 0 spiro atoms. The van der Waals surface area contributed by atoms with E-state index < -0.39 is 0 Å². The molecule has 0 aliphatic rings. The first-order valence-corrected chi connectivity index (χ1v) is 6.42. The second kappa shape index (κ2) is 6.29. The normalized spacial score (nSPS) is 10.5. The van der Waals surface area contributed by atoms with Crippen LogP contribution < -0.4 is 4.90 Å². The average Bonchev–Trinajstić information content (AvgIpc) is 2.46. The molecule has 0 radical (unpaired) electrons. The summed E-state index contributed by atoms with van der Waals surface area (Å²) in [6, 6.07) is 8.31. The van der Waals surface area contributed by atoms with Gasteiger partial charge >= 0.3 is 0 Å². The lowest BCUT2D eigenvalue weighted by Gasteiger charge is -2.16. The van der Waals surface area contributed by atoms with Crippen LogP contribution in [0.25, 0.3) is 11.1 Å². The van der Waals surface area contributed by atoms with E-state index in [0.717, 1.165) is 24.1 Å². The molecule has 2 rings (SSSR count). The van der Waals surface area contributed by atoms with Crippen LogP contribution in [0.2, 0.25) is 0 Å². The molecule has 0 saturated carbocycles. The van der Waals surface area contributed by atoms with Crippen molar-refractivity contribution in [3.8, 4) is 11.1 Å². The topological polar surface area (TPSA) is 49.2 Å². The highest BCUT2D eigenvalue weighted by atomic mass is 16.3. The van der Waals surface area contributed by atoms with Crippen LogP contribution in [0.1, 0.15) is 12.0 Å². The van der Waals surface area contributed by atoms with Crippen LogP contribution >= 0.6 is 0 Å². The van der Waals surface area contributed by atoms with Crippen molar-refractivity contribution in [2.45, 2.75) is 13.3 Å². The molecule has 0 atom stereocenters. The number of benzene rings is 1. The number of aliphatic hydroxyl groups is 1. The molecule has 0 fully saturated rings. The molecule has 100 valence electrons. The van der Waals surface area contributed by atoms with Crippen molar-refractivity contribution in [3.05, 3.63) is 42.2 Å². The van der Waals surface area contributed by atoms with Crippen LogP contribution in [0.4, 0.5) is 5.95 Å². The molecule has 1 aromatic heterocycles. The van der Waals surface area contributed by atoms with Gasteiger partial charge in [-0.1, -0.05) is 29.8 Å². The lowest BCUT2D eigenvalue weighted by atomic mass is 10.1. The maximum atomic E-state index is 8.81. The van der Waals surface area contributed by atoms with Gasteiger partial charge in [0, 0.05) is 38.2 Å². The van der Waals surface area contributed by atoms with Gasteiger partial charge in [0.15, 0.2) is 0 Å². The minimum absolute atomic E-state index is 0.186. The number of anilines is 1. The van der Waals surface area contributed by atoms with Crippen LogP contribution in [0, 0.1) is 6.92 Å². The highest BCUT2D eigenvalue weighted by molar-refractivity contribution is 5.62. The Hall–Kier alpha value is -1.94. The number of hydrogen-bond donors (Lipinski definition) is 1. The molecular formula is C15H19N3O. The summed E-state index contributed by atoms with van der Waals surface area (Å²) in [6.07, 6.45) is 4.39. The standard InChI is InChI=1S/C15H19N3O/c1-12-4-6-13(7-5-12)14-10-16-15(17-11-14)18(2)8-3-9-19/h4-7,10-11,19H,3,8-9H2,1-2H3. The first-order valence-electron chi connectivity index (χ1n) is 6.42. The first-order chi connectivity index (χ1) is 9.20. The van der Waals surface area contributed by atoms with Gasteiger partial charge < -0.3 is 10.0 Å². The van der Waals surface area contributed by atoms with Crippen molar-refractivity contribution in [2.24, 2.45) is 0 Å². The van der Waals surface area contributed by atoms with E-state index in [1.165, 1.54) is 5.56 Å². The Morgan fingerprint density at radius 1 is 1.05 bits per heavy atom. The quantitative estimate of drug-likeness (QED) is 0.892. The molecule has 0 saturated heterocycles. The average molecular weight is 257 g/mol. The number of aromatic nitrogens is 2. The van der Waals surface area contributed by atoms with Crippen LogP contribution in [0.3, 0.4) is 0 Å². The monoisotopic (exact) mass is 257 g/mol. The second-order valence-electron chi connectivity index (χ2n) is 4.64. The van der Waals surface area contributed by atoms with Crippen molar-refractivity contribution in [1.29, 1.82) is 0 Å². The van der Waals surface area contributed by atoms with Crippen LogP contribution in [0.15, 0.2) is 36.7 Å². The van der Waals surface area contributed by atoms with E-state index in [1.807, 2.05) is 24.3 Å². The van der Waals surface area contributed by atoms with E-state index in [9.17, 15) is 0 Å². The zero-order valence-electron chi connectivity index (χ0n) is 11.4. The van der Waals surface area contributed by atoms with Gasteiger partial charge in [-0.2, -0.15) is 0 Å². The molecule has 0 bridgehead atoms. The lowest BCUT2D eigenvalue weighted by Crippen LogP contribution is -2.21. The number of rotatable bonds is 5. The molecule has 4 nitrogen and oxygen atoms in total. The van der Waals surface area contributed by atoms with E-state index >= 15 is 0 Å². The Balaban J connectivity index is 2.11. The molecule has 0 unspecified atom stereocenters. The Bertz CT molecular complexity index is 508. The van der Waals surface area contributed by atoms with Crippen molar-refractivity contribution in [2.75, 3.05) is 25.1 Å². The highest BCUT2D eigenvalue weighted by Crippen LogP contribution is 2.19. The Morgan fingerprint density at radius 3 is 2.26 bits per heavy atom. The zero-order chi connectivity index (χ0) is 13.7. The lowest BCUT2D eigenvalue weighted by molar-refractivity contribution is 0.290. The summed E-state index contributed by atoms with van der Waals surface area (Å²) < 4.78 is 0. The third-order valence-corrected chi connectivity index (χ3v) is 3.02. The SMILES string of the molecule is Cc1ccc(-c2cnc(N(C)CCCO)nc2)cc1. The number of aliphatic hydroxyl groups excluding tert-OH is 1. The maximum absolute atomic E-state index is 8.81. The largest absolute Gasteiger partial charge is 0.396 e. The van der Waals surface area contributed by atoms with Gasteiger partial charge in [0.2, 0.25) is 5.95 Å². The zero-order valence-corrected chi connectivity index (χ0v) is 11.4. The highest BCUT2D eigenvalue weighted by Gasteiger charge is 2.04. The molecule has 0 aliphatic heterocycles. The van der Waals surface area contributed by atoms with Gasteiger partial charge in [0.1, 0.15) is 0 Å². The fourth-order valence-electron chi connectivity index (χ4n) is 1.82. The van der Waals surface area contributed by atoms with E-state index in [0.29, 0.717) is 5.95 Å². The minimum Gasteiger partial charge on any atom is -0.396 e. The molecule has 1 heterocycles. The Morgan fingerprint density at radius 2 is 1.68 bits per heavy atom. The van der Waals surface area contributed by atoms with Crippen molar-refractivity contribution >= 4 is 5.95 Å². The van der Waals surface area contributed by atoms with Crippen LogP contribution in [-0.4, -0.2) is 35.3 Å². The minimum atomic E-state index is 0.186. The molecule has 1 N–H and O–H groups in total. The Labute approximate surface area is 113 Å². The summed E-state index contributed by atoms with van der Waals surface area (Å²) in [6.45, 7) is 3.01. The number of aryl methyl sites for hydroxylation is 1. The Kier molecular flexibility index (Phi) is 4.47. The van der Waals surface area contributed by atoms with E-state index in [2.05, 4.69) is 41.2 Å². The molecular weight excluding hydrogens is 238 g/mol. The third kappa shape index (κ3) is 3.51. The first kappa shape index (κ1) is 13.5. The molecule has 0 aliphatic carbocycles. The molecule has 0 amide bonds. The smallest absolute Gasteiger partial charge is 0.225 e. The predicted octanol–water partition coefficient (Wildman–Crippen LogP) is 2.27. The van der Waals surface area contributed by atoms with Gasteiger partial charge in [-0.3, -0.25) is 0 Å². The summed E-state index contributed by atoms with van der Waals surface area (Å²) in [5.74, 6) is 0.685. The van der Waals surface area contributed by atoms with Crippen molar-refractivity contribution < 1.29 is 5.11 Å². The van der Waals surface area contributed by atoms with Gasteiger partial charge in [0.05, 0.1) is 0 Å². The van der Waals surface area contributed by atoms with E-state index in [1.54, 1.807) is 0 Å².